The molecule has 0 spiro atoms. The number of carbonyl (C=O) groups excluding carboxylic acids is 1. The summed E-state index contributed by atoms with van der Waals surface area (Å²) >= 11 is 0. The Morgan fingerprint density at radius 3 is 2.92 bits per heavy atom. The first-order valence-corrected chi connectivity index (χ1v) is 9.01. The summed E-state index contributed by atoms with van der Waals surface area (Å²) < 4.78 is 12.1. The van der Waals surface area contributed by atoms with Crippen LogP contribution in [0.1, 0.15) is 31.4 Å². The van der Waals surface area contributed by atoms with Gasteiger partial charge in [0.05, 0.1) is 31.1 Å². The third-order valence-corrected chi connectivity index (χ3v) is 5.33. The van der Waals surface area contributed by atoms with Crippen molar-refractivity contribution in [1.82, 2.24) is 14.8 Å². The molecule has 130 valence electrons. The highest BCUT2D eigenvalue weighted by Gasteiger charge is 2.46. The standard InChI is InChI=1S/C18H25N3O3/c22-18(20-9-3-4-10-20)21-11-12-23-17-15(21)6-7-16(17)24-13-14-5-1-2-8-19-14/h1-2,5,8,15-17H,3-4,6-7,9-13H2/t15-,16+,17+/m0/s1. The number of fused-ring (bicyclic) bond motifs is 1. The fourth-order valence-electron chi connectivity index (χ4n) is 4.10. The van der Waals surface area contributed by atoms with E-state index in [4.69, 9.17) is 9.47 Å². The minimum absolute atomic E-state index is 0.00554. The highest BCUT2D eigenvalue weighted by molar-refractivity contribution is 5.75. The molecule has 2 aliphatic heterocycles. The number of aromatic nitrogens is 1. The molecule has 1 aromatic heterocycles. The average Bonchev–Trinajstić information content (AvgIpc) is 3.30. The smallest absolute Gasteiger partial charge is 0.320 e. The van der Waals surface area contributed by atoms with Crippen LogP contribution in [0.2, 0.25) is 0 Å². The quantitative estimate of drug-likeness (QED) is 0.851. The van der Waals surface area contributed by atoms with Gasteiger partial charge in [0, 0.05) is 25.8 Å². The van der Waals surface area contributed by atoms with Crippen LogP contribution in [-0.4, -0.2) is 65.3 Å². The van der Waals surface area contributed by atoms with E-state index >= 15 is 0 Å². The molecule has 3 heterocycles. The van der Waals surface area contributed by atoms with Crippen LogP contribution in [0.15, 0.2) is 24.4 Å². The third kappa shape index (κ3) is 3.13. The Morgan fingerprint density at radius 1 is 1.25 bits per heavy atom. The molecule has 1 saturated carbocycles. The number of rotatable bonds is 3. The van der Waals surface area contributed by atoms with Gasteiger partial charge in [-0.2, -0.15) is 0 Å². The second kappa shape index (κ2) is 7.07. The Kier molecular flexibility index (Phi) is 4.67. The van der Waals surface area contributed by atoms with Gasteiger partial charge in [0.1, 0.15) is 6.10 Å². The minimum Gasteiger partial charge on any atom is -0.372 e. The van der Waals surface area contributed by atoms with E-state index in [1.54, 1.807) is 6.20 Å². The first kappa shape index (κ1) is 15.8. The molecule has 3 fully saturated rings. The maximum atomic E-state index is 12.8. The topological polar surface area (TPSA) is 54.9 Å². The molecule has 0 aromatic carbocycles. The summed E-state index contributed by atoms with van der Waals surface area (Å²) in [6.07, 6.45) is 5.97. The van der Waals surface area contributed by atoms with Crippen molar-refractivity contribution >= 4 is 6.03 Å². The van der Waals surface area contributed by atoms with Gasteiger partial charge >= 0.3 is 6.03 Å². The van der Waals surface area contributed by atoms with Crippen molar-refractivity contribution in [3.05, 3.63) is 30.1 Å². The van der Waals surface area contributed by atoms with Crippen LogP contribution in [0.25, 0.3) is 0 Å². The largest absolute Gasteiger partial charge is 0.372 e. The van der Waals surface area contributed by atoms with E-state index in [1.165, 1.54) is 0 Å². The van der Waals surface area contributed by atoms with E-state index in [0.717, 1.165) is 44.5 Å². The fourth-order valence-corrected chi connectivity index (χ4v) is 4.10. The van der Waals surface area contributed by atoms with Crippen LogP contribution < -0.4 is 0 Å². The normalized spacial score (nSPS) is 29.8. The lowest BCUT2D eigenvalue weighted by Gasteiger charge is -2.40. The molecule has 4 rings (SSSR count). The highest BCUT2D eigenvalue weighted by atomic mass is 16.5. The summed E-state index contributed by atoms with van der Waals surface area (Å²) in [5.41, 5.74) is 0.932. The summed E-state index contributed by atoms with van der Waals surface area (Å²) in [5.74, 6) is 0. The molecule has 24 heavy (non-hydrogen) atoms. The predicted molar refractivity (Wildman–Crippen MR) is 88.5 cm³/mol. The molecule has 2 amide bonds. The van der Waals surface area contributed by atoms with Crippen molar-refractivity contribution in [3.8, 4) is 0 Å². The number of likely N-dealkylation sites (tertiary alicyclic amines) is 1. The molecule has 3 aliphatic rings. The second-order valence-corrected chi connectivity index (χ2v) is 6.82. The molecule has 0 unspecified atom stereocenters. The predicted octanol–water partition coefficient (Wildman–Crippen LogP) is 2.05. The number of pyridine rings is 1. The maximum absolute atomic E-state index is 12.8. The van der Waals surface area contributed by atoms with Crippen molar-refractivity contribution < 1.29 is 14.3 Å². The number of urea groups is 1. The first-order chi connectivity index (χ1) is 11.8. The van der Waals surface area contributed by atoms with Crippen LogP contribution in [-0.2, 0) is 16.1 Å². The van der Waals surface area contributed by atoms with Gasteiger partial charge in [-0.15, -0.1) is 0 Å². The lowest BCUT2D eigenvalue weighted by Crippen LogP contribution is -2.56. The van der Waals surface area contributed by atoms with E-state index in [-0.39, 0.29) is 24.3 Å². The molecule has 2 saturated heterocycles. The van der Waals surface area contributed by atoms with Crippen molar-refractivity contribution in [1.29, 1.82) is 0 Å². The molecule has 0 N–H and O–H groups in total. The Hall–Kier alpha value is -1.66. The number of hydrogen-bond donors (Lipinski definition) is 0. The molecular weight excluding hydrogens is 306 g/mol. The Bertz CT molecular complexity index is 562. The summed E-state index contributed by atoms with van der Waals surface area (Å²) in [6.45, 7) is 3.59. The molecule has 0 bridgehead atoms. The number of morpholine rings is 1. The van der Waals surface area contributed by atoms with Gasteiger partial charge in [0.25, 0.3) is 0 Å². The molecule has 6 nitrogen and oxygen atoms in total. The van der Waals surface area contributed by atoms with Gasteiger partial charge in [0.15, 0.2) is 0 Å². The first-order valence-electron chi connectivity index (χ1n) is 9.01. The lowest BCUT2D eigenvalue weighted by molar-refractivity contribution is -0.109. The number of ether oxygens (including phenoxy) is 2. The molecule has 0 radical (unpaired) electrons. The van der Waals surface area contributed by atoms with Gasteiger partial charge in [0.2, 0.25) is 0 Å². The van der Waals surface area contributed by atoms with E-state index in [2.05, 4.69) is 4.98 Å². The number of hydrogen-bond acceptors (Lipinski definition) is 4. The van der Waals surface area contributed by atoms with Crippen molar-refractivity contribution in [2.45, 2.75) is 50.5 Å². The summed E-state index contributed by atoms with van der Waals surface area (Å²) in [5, 5.41) is 0. The van der Waals surface area contributed by atoms with Gasteiger partial charge in [-0.25, -0.2) is 4.79 Å². The van der Waals surface area contributed by atoms with E-state index in [1.807, 2.05) is 28.0 Å². The number of nitrogens with zero attached hydrogens (tertiary/aromatic N) is 3. The zero-order valence-electron chi connectivity index (χ0n) is 14.0. The summed E-state index contributed by atoms with van der Waals surface area (Å²) in [7, 11) is 0. The minimum atomic E-state index is -0.00554. The second-order valence-electron chi connectivity index (χ2n) is 6.82. The number of amides is 2. The van der Waals surface area contributed by atoms with Crippen LogP contribution in [0.5, 0.6) is 0 Å². The van der Waals surface area contributed by atoms with E-state index in [0.29, 0.717) is 19.8 Å². The van der Waals surface area contributed by atoms with Gasteiger partial charge in [-0.3, -0.25) is 4.98 Å². The van der Waals surface area contributed by atoms with Crippen LogP contribution >= 0.6 is 0 Å². The fraction of sp³-hybridized carbons (Fsp3) is 0.667. The monoisotopic (exact) mass is 331 g/mol. The molecular formula is C18H25N3O3. The molecule has 3 atom stereocenters. The molecule has 1 aliphatic carbocycles. The van der Waals surface area contributed by atoms with Gasteiger partial charge < -0.3 is 19.3 Å². The average molecular weight is 331 g/mol. The Balaban J connectivity index is 1.38. The SMILES string of the molecule is O=C(N1CCCC1)N1CCO[C@H]2[C@H](OCc3ccccn3)CC[C@@H]21. The van der Waals surface area contributed by atoms with Crippen molar-refractivity contribution in [2.75, 3.05) is 26.2 Å². The van der Waals surface area contributed by atoms with Crippen LogP contribution in [0.4, 0.5) is 4.79 Å². The highest BCUT2D eigenvalue weighted by Crippen LogP contribution is 2.33. The zero-order valence-corrected chi connectivity index (χ0v) is 14.0. The van der Waals surface area contributed by atoms with Gasteiger partial charge in [-0.1, -0.05) is 6.07 Å². The summed E-state index contributed by atoms with van der Waals surface area (Å²) in [6, 6.07) is 6.19. The molecule has 1 aromatic rings. The zero-order chi connectivity index (χ0) is 16.4. The molecule has 6 heteroatoms. The van der Waals surface area contributed by atoms with Gasteiger partial charge in [-0.05, 0) is 37.8 Å². The van der Waals surface area contributed by atoms with E-state index in [9.17, 15) is 4.79 Å². The third-order valence-electron chi connectivity index (χ3n) is 5.33. The Labute approximate surface area is 142 Å². The van der Waals surface area contributed by atoms with Crippen LogP contribution in [0, 0.1) is 0 Å². The lowest BCUT2D eigenvalue weighted by atomic mass is 10.1. The van der Waals surface area contributed by atoms with Crippen LogP contribution in [0.3, 0.4) is 0 Å². The van der Waals surface area contributed by atoms with E-state index < -0.39 is 0 Å². The van der Waals surface area contributed by atoms with Crippen molar-refractivity contribution in [3.63, 3.8) is 0 Å². The van der Waals surface area contributed by atoms with Crippen molar-refractivity contribution in [2.24, 2.45) is 0 Å². The maximum Gasteiger partial charge on any atom is 0.320 e. The Morgan fingerprint density at radius 2 is 2.12 bits per heavy atom. The number of carbonyl (C=O) groups is 1. The summed E-state index contributed by atoms with van der Waals surface area (Å²) in [4.78, 5) is 21.1.